The lowest BCUT2D eigenvalue weighted by Crippen LogP contribution is -2.39. The summed E-state index contributed by atoms with van der Waals surface area (Å²) in [6.07, 6.45) is 3.86. The molecular formula is C15H28N2O2. The minimum atomic E-state index is -0.183. The van der Waals surface area contributed by atoms with Gasteiger partial charge in [-0.05, 0) is 38.2 Å². The molecule has 1 aliphatic heterocycles. The van der Waals surface area contributed by atoms with Crippen molar-refractivity contribution < 1.29 is 9.90 Å². The summed E-state index contributed by atoms with van der Waals surface area (Å²) in [6.45, 7) is 11.2. The van der Waals surface area contributed by atoms with Crippen molar-refractivity contribution in [2.24, 2.45) is 5.41 Å². The number of hydrogen-bond donors (Lipinski definition) is 3. The summed E-state index contributed by atoms with van der Waals surface area (Å²) < 4.78 is 0. The predicted octanol–water partition coefficient (Wildman–Crippen LogP) is 2.51. The monoisotopic (exact) mass is 268 g/mol. The van der Waals surface area contributed by atoms with Crippen LogP contribution < -0.4 is 10.6 Å². The van der Waals surface area contributed by atoms with Crippen LogP contribution in [0.2, 0.25) is 0 Å². The van der Waals surface area contributed by atoms with Crippen molar-refractivity contribution in [3.05, 3.63) is 11.8 Å². The van der Waals surface area contributed by atoms with Gasteiger partial charge in [-0.1, -0.05) is 20.8 Å². The van der Waals surface area contributed by atoms with E-state index in [1.54, 1.807) is 0 Å². The zero-order valence-electron chi connectivity index (χ0n) is 12.8. The molecule has 0 aromatic heterocycles. The van der Waals surface area contributed by atoms with Crippen LogP contribution in [-0.4, -0.2) is 29.1 Å². The molecule has 0 aromatic carbocycles. The van der Waals surface area contributed by atoms with Crippen molar-refractivity contribution in [2.45, 2.75) is 65.5 Å². The number of carbonyl (C=O) groups excluding carboxylic acids is 1. The Bertz CT molecular complexity index is 354. The van der Waals surface area contributed by atoms with Crippen LogP contribution in [0.15, 0.2) is 11.8 Å². The second-order valence-electron chi connectivity index (χ2n) is 7.19. The van der Waals surface area contributed by atoms with Gasteiger partial charge in [-0.25, -0.2) is 0 Å². The van der Waals surface area contributed by atoms with Gasteiger partial charge in [0.15, 0.2) is 0 Å². The molecule has 19 heavy (non-hydrogen) atoms. The van der Waals surface area contributed by atoms with E-state index >= 15 is 0 Å². The topological polar surface area (TPSA) is 61.4 Å². The first-order chi connectivity index (χ1) is 8.59. The van der Waals surface area contributed by atoms with Gasteiger partial charge in [0.2, 0.25) is 5.91 Å². The average molecular weight is 268 g/mol. The maximum atomic E-state index is 11.7. The van der Waals surface area contributed by atoms with Crippen molar-refractivity contribution >= 4 is 5.91 Å². The molecule has 4 nitrogen and oxygen atoms in total. The van der Waals surface area contributed by atoms with E-state index in [9.17, 15) is 9.90 Å². The molecule has 1 amide bonds. The minimum Gasteiger partial charge on any atom is -0.511 e. The third-order valence-electron chi connectivity index (χ3n) is 3.27. The van der Waals surface area contributed by atoms with Crippen molar-refractivity contribution in [3.8, 4) is 0 Å². The summed E-state index contributed by atoms with van der Waals surface area (Å²) in [5.41, 5.74) is 0.0583. The highest BCUT2D eigenvalue weighted by Crippen LogP contribution is 2.22. The highest BCUT2D eigenvalue weighted by Gasteiger charge is 2.30. The van der Waals surface area contributed by atoms with E-state index in [1.165, 1.54) is 0 Å². The van der Waals surface area contributed by atoms with Gasteiger partial charge in [-0.2, -0.15) is 0 Å². The molecule has 0 saturated heterocycles. The first-order valence-electron chi connectivity index (χ1n) is 7.05. The highest BCUT2D eigenvalue weighted by atomic mass is 16.3. The molecule has 1 atom stereocenters. The summed E-state index contributed by atoms with van der Waals surface area (Å²) in [5.74, 6) is 0.413. The van der Waals surface area contributed by atoms with Gasteiger partial charge in [0.1, 0.15) is 5.76 Å². The molecule has 1 heterocycles. The van der Waals surface area contributed by atoms with Crippen LogP contribution >= 0.6 is 0 Å². The molecule has 4 heteroatoms. The number of nitrogens with one attached hydrogen (secondary N) is 2. The summed E-state index contributed by atoms with van der Waals surface area (Å²) in [7, 11) is 0. The number of hydrogen-bond acceptors (Lipinski definition) is 3. The minimum absolute atomic E-state index is 0.0588. The van der Waals surface area contributed by atoms with Crippen LogP contribution in [0.25, 0.3) is 0 Å². The van der Waals surface area contributed by atoms with Crippen LogP contribution in [0.5, 0.6) is 0 Å². The van der Waals surface area contributed by atoms with Crippen LogP contribution in [0.1, 0.15) is 53.9 Å². The molecule has 0 aliphatic carbocycles. The smallest absolute Gasteiger partial charge is 0.220 e. The Labute approximate surface area is 116 Å². The van der Waals surface area contributed by atoms with E-state index in [-0.39, 0.29) is 22.9 Å². The lowest BCUT2D eigenvalue weighted by atomic mass is 9.92. The fraction of sp³-hybridized carbons (Fsp3) is 0.800. The highest BCUT2D eigenvalue weighted by molar-refractivity contribution is 5.75. The molecule has 0 saturated carbocycles. The first-order valence-corrected chi connectivity index (χ1v) is 7.05. The molecule has 0 unspecified atom stereocenters. The fourth-order valence-corrected chi connectivity index (χ4v) is 2.20. The van der Waals surface area contributed by atoms with E-state index < -0.39 is 0 Å². The summed E-state index contributed by atoms with van der Waals surface area (Å²) in [4.78, 5) is 11.7. The molecule has 0 radical (unpaired) electrons. The van der Waals surface area contributed by atoms with Crippen LogP contribution in [0, 0.1) is 5.41 Å². The van der Waals surface area contributed by atoms with E-state index in [2.05, 4.69) is 31.4 Å². The fourth-order valence-electron chi connectivity index (χ4n) is 2.20. The summed E-state index contributed by atoms with van der Waals surface area (Å²) >= 11 is 0. The lowest BCUT2D eigenvalue weighted by molar-refractivity contribution is -0.121. The molecule has 1 aliphatic rings. The number of amides is 1. The Hall–Kier alpha value is -1.03. The average Bonchev–Trinajstić information content (AvgIpc) is 2.47. The molecule has 0 spiro atoms. The second-order valence-corrected chi connectivity index (χ2v) is 7.19. The van der Waals surface area contributed by atoms with E-state index in [0.717, 1.165) is 6.42 Å². The second kappa shape index (κ2) is 5.95. The number of aliphatic hydroxyl groups excluding tert-OH is 1. The Morgan fingerprint density at radius 1 is 1.47 bits per heavy atom. The van der Waals surface area contributed by atoms with E-state index in [1.807, 2.05) is 19.9 Å². The zero-order valence-corrected chi connectivity index (χ0v) is 12.8. The SMILES string of the molecule is CC(C)(C)CCNC(=O)CC[C@@H]1NC(C)(C)C=C1O. The molecule has 0 aromatic rings. The van der Waals surface area contributed by atoms with Crippen LogP contribution in [0.4, 0.5) is 0 Å². The normalized spacial score (nSPS) is 22.2. The van der Waals surface area contributed by atoms with Crippen molar-refractivity contribution in [1.29, 1.82) is 0 Å². The Kier molecular flexibility index (Phi) is 5.02. The lowest BCUT2D eigenvalue weighted by Gasteiger charge is -2.20. The number of carbonyl (C=O) groups is 1. The zero-order chi connectivity index (χ0) is 14.7. The molecular weight excluding hydrogens is 240 g/mol. The van der Waals surface area contributed by atoms with Gasteiger partial charge >= 0.3 is 0 Å². The Morgan fingerprint density at radius 3 is 2.58 bits per heavy atom. The number of aliphatic hydroxyl groups is 1. The standard InChI is InChI=1S/C15H28N2O2/c1-14(2,3)8-9-16-13(19)7-6-11-12(18)10-15(4,5)17-11/h10-11,17-18H,6-9H2,1-5H3,(H,16,19)/t11-/m0/s1. The van der Waals surface area contributed by atoms with Gasteiger partial charge in [-0.15, -0.1) is 0 Å². The predicted molar refractivity (Wildman–Crippen MR) is 78.0 cm³/mol. The largest absolute Gasteiger partial charge is 0.511 e. The molecule has 1 rings (SSSR count). The van der Waals surface area contributed by atoms with Crippen LogP contribution in [0.3, 0.4) is 0 Å². The van der Waals surface area contributed by atoms with Gasteiger partial charge in [0, 0.05) is 18.5 Å². The molecule has 0 fully saturated rings. The molecule has 3 N–H and O–H groups in total. The van der Waals surface area contributed by atoms with Gasteiger partial charge < -0.3 is 10.4 Å². The molecule has 110 valence electrons. The summed E-state index contributed by atoms with van der Waals surface area (Å²) in [5, 5.41) is 16.0. The first kappa shape index (κ1) is 16.0. The number of rotatable bonds is 5. The maximum Gasteiger partial charge on any atom is 0.220 e. The van der Waals surface area contributed by atoms with E-state index in [0.29, 0.717) is 25.1 Å². The van der Waals surface area contributed by atoms with Gasteiger partial charge in [0.05, 0.1) is 6.04 Å². The third kappa shape index (κ3) is 6.10. The van der Waals surface area contributed by atoms with Gasteiger partial charge in [-0.3, -0.25) is 10.1 Å². The summed E-state index contributed by atoms with van der Waals surface area (Å²) in [6, 6.07) is -0.0941. The maximum absolute atomic E-state index is 11.7. The van der Waals surface area contributed by atoms with Crippen molar-refractivity contribution in [1.82, 2.24) is 10.6 Å². The Morgan fingerprint density at radius 2 is 2.11 bits per heavy atom. The van der Waals surface area contributed by atoms with Gasteiger partial charge in [0.25, 0.3) is 0 Å². The van der Waals surface area contributed by atoms with Crippen molar-refractivity contribution in [3.63, 3.8) is 0 Å². The molecule has 0 bridgehead atoms. The van der Waals surface area contributed by atoms with Crippen LogP contribution in [-0.2, 0) is 4.79 Å². The quantitative estimate of drug-likeness (QED) is 0.718. The third-order valence-corrected chi connectivity index (χ3v) is 3.27. The van der Waals surface area contributed by atoms with E-state index in [4.69, 9.17) is 0 Å². The van der Waals surface area contributed by atoms with Crippen molar-refractivity contribution in [2.75, 3.05) is 6.54 Å². The Balaban J connectivity index is 2.23.